The lowest BCUT2D eigenvalue weighted by Crippen LogP contribution is -2.36. The number of fused-ring (bicyclic) bond motifs is 1. The van der Waals surface area contributed by atoms with Crippen molar-refractivity contribution >= 4 is 21.6 Å². The van der Waals surface area contributed by atoms with E-state index < -0.39 is 21.7 Å². The minimum atomic E-state index is -3.71. The minimum Gasteiger partial charge on any atom is -0.487 e. The van der Waals surface area contributed by atoms with Gasteiger partial charge in [-0.25, -0.2) is 17.2 Å². The first-order valence-corrected chi connectivity index (χ1v) is 10.9. The van der Waals surface area contributed by atoms with Crippen molar-refractivity contribution in [2.45, 2.75) is 24.5 Å². The van der Waals surface area contributed by atoms with Gasteiger partial charge in [0, 0.05) is 61.0 Å². The molecule has 3 aromatic rings. The highest BCUT2D eigenvalue weighted by Gasteiger charge is 2.32. The first-order chi connectivity index (χ1) is 14.2. The van der Waals surface area contributed by atoms with Gasteiger partial charge in [0.15, 0.2) is 0 Å². The van der Waals surface area contributed by atoms with Gasteiger partial charge in [-0.2, -0.15) is 9.40 Å². The van der Waals surface area contributed by atoms with Crippen molar-refractivity contribution in [1.29, 1.82) is 0 Å². The van der Waals surface area contributed by atoms with E-state index in [4.69, 9.17) is 16.3 Å². The van der Waals surface area contributed by atoms with Crippen LogP contribution in [0.15, 0.2) is 47.4 Å². The SMILES string of the molecule is Cn1nc(COc2cc(F)cc(F)c2)c2c1CCN(S(=O)(=O)c1ccc(Cl)cc1)C2. The summed E-state index contributed by atoms with van der Waals surface area (Å²) in [4.78, 5) is 0.160. The Morgan fingerprint density at radius 1 is 1.13 bits per heavy atom. The summed E-state index contributed by atoms with van der Waals surface area (Å²) in [6.07, 6.45) is 0.486. The fourth-order valence-electron chi connectivity index (χ4n) is 3.49. The van der Waals surface area contributed by atoms with Crippen LogP contribution in [0.5, 0.6) is 5.75 Å². The average Bonchev–Trinajstić information content (AvgIpc) is 3.01. The van der Waals surface area contributed by atoms with Gasteiger partial charge in [-0.15, -0.1) is 0 Å². The number of ether oxygens (including phenoxy) is 1. The first-order valence-electron chi connectivity index (χ1n) is 9.12. The summed E-state index contributed by atoms with van der Waals surface area (Å²) in [7, 11) is -1.94. The zero-order chi connectivity index (χ0) is 21.5. The van der Waals surface area contributed by atoms with Crippen LogP contribution in [0.2, 0.25) is 5.02 Å². The Morgan fingerprint density at radius 3 is 2.47 bits per heavy atom. The quantitative estimate of drug-likeness (QED) is 0.591. The van der Waals surface area contributed by atoms with E-state index >= 15 is 0 Å². The van der Waals surface area contributed by atoms with E-state index in [1.807, 2.05) is 0 Å². The molecule has 1 aliphatic heterocycles. The Hall–Kier alpha value is -2.49. The number of rotatable bonds is 5. The molecule has 0 bridgehead atoms. The summed E-state index contributed by atoms with van der Waals surface area (Å²) < 4.78 is 61.4. The fraction of sp³-hybridized carbons (Fsp3) is 0.250. The molecule has 4 rings (SSSR count). The molecule has 1 aromatic heterocycles. The van der Waals surface area contributed by atoms with Gasteiger partial charge in [-0.3, -0.25) is 4.68 Å². The molecule has 2 aromatic carbocycles. The molecule has 0 N–H and O–H groups in total. The van der Waals surface area contributed by atoms with Crippen molar-refractivity contribution in [2.75, 3.05) is 6.54 Å². The maximum absolute atomic E-state index is 13.4. The van der Waals surface area contributed by atoms with Gasteiger partial charge in [0.2, 0.25) is 10.0 Å². The molecule has 0 saturated heterocycles. The van der Waals surface area contributed by atoms with Crippen LogP contribution in [0, 0.1) is 11.6 Å². The van der Waals surface area contributed by atoms with Crippen molar-refractivity contribution in [2.24, 2.45) is 7.05 Å². The predicted octanol–water partition coefficient (Wildman–Crippen LogP) is 3.68. The van der Waals surface area contributed by atoms with E-state index in [-0.39, 0.29) is 23.8 Å². The second kappa shape index (κ2) is 7.98. The lowest BCUT2D eigenvalue weighted by atomic mass is 10.1. The molecule has 0 amide bonds. The molecule has 0 radical (unpaired) electrons. The molecule has 0 aliphatic carbocycles. The van der Waals surface area contributed by atoms with E-state index in [0.717, 1.165) is 29.5 Å². The maximum atomic E-state index is 13.4. The minimum absolute atomic E-state index is 0.0355. The van der Waals surface area contributed by atoms with Gasteiger partial charge in [0.25, 0.3) is 0 Å². The Kier molecular flexibility index (Phi) is 5.52. The molecular formula is C20H18ClF2N3O3S. The highest BCUT2D eigenvalue weighted by atomic mass is 35.5. The van der Waals surface area contributed by atoms with Crippen molar-refractivity contribution in [3.8, 4) is 5.75 Å². The highest BCUT2D eigenvalue weighted by molar-refractivity contribution is 7.89. The lowest BCUT2D eigenvalue weighted by Gasteiger charge is -2.27. The van der Waals surface area contributed by atoms with Gasteiger partial charge in [-0.05, 0) is 24.3 Å². The Bertz CT molecular complexity index is 1180. The summed E-state index contributed by atoms with van der Waals surface area (Å²) in [5, 5.41) is 4.87. The van der Waals surface area contributed by atoms with Gasteiger partial charge in [0.05, 0.1) is 4.90 Å². The first kappa shape index (κ1) is 20.8. The van der Waals surface area contributed by atoms with Crippen LogP contribution >= 0.6 is 11.6 Å². The van der Waals surface area contributed by atoms with Crippen LogP contribution in [-0.2, 0) is 36.6 Å². The summed E-state index contributed by atoms with van der Waals surface area (Å²) in [5.74, 6) is -1.45. The molecule has 1 aliphatic rings. The van der Waals surface area contributed by atoms with Gasteiger partial charge < -0.3 is 4.74 Å². The van der Waals surface area contributed by atoms with Crippen LogP contribution in [0.3, 0.4) is 0 Å². The van der Waals surface area contributed by atoms with Crippen molar-refractivity contribution < 1.29 is 21.9 Å². The second-order valence-electron chi connectivity index (χ2n) is 6.93. The number of sulfonamides is 1. The van der Waals surface area contributed by atoms with Crippen molar-refractivity contribution in [3.05, 3.63) is 76.1 Å². The summed E-state index contributed by atoms with van der Waals surface area (Å²) in [6, 6.07) is 8.93. The van der Waals surface area contributed by atoms with Crippen molar-refractivity contribution in [3.63, 3.8) is 0 Å². The smallest absolute Gasteiger partial charge is 0.243 e. The third kappa shape index (κ3) is 4.05. The number of nitrogens with zero attached hydrogens (tertiary/aromatic N) is 3. The summed E-state index contributed by atoms with van der Waals surface area (Å²) >= 11 is 5.86. The molecule has 2 heterocycles. The van der Waals surface area contributed by atoms with Gasteiger partial charge >= 0.3 is 0 Å². The normalized spacial score (nSPS) is 14.5. The number of benzene rings is 2. The largest absolute Gasteiger partial charge is 0.487 e. The predicted molar refractivity (Wildman–Crippen MR) is 107 cm³/mol. The van der Waals surface area contributed by atoms with E-state index in [9.17, 15) is 17.2 Å². The van der Waals surface area contributed by atoms with E-state index in [2.05, 4.69) is 5.10 Å². The lowest BCUT2D eigenvalue weighted by molar-refractivity contribution is 0.293. The monoisotopic (exact) mass is 453 g/mol. The molecule has 0 fully saturated rings. The second-order valence-corrected chi connectivity index (χ2v) is 9.31. The van der Waals surface area contributed by atoms with Crippen LogP contribution in [-0.4, -0.2) is 29.0 Å². The molecule has 158 valence electrons. The average molecular weight is 454 g/mol. The van der Waals surface area contributed by atoms with Crippen molar-refractivity contribution in [1.82, 2.24) is 14.1 Å². The number of hydrogen-bond donors (Lipinski definition) is 0. The molecule has 30 heavy (non-hydrogen) atoms. The number of aryl methyl sites for hydroxylation is 1. The molecular weight excluding hydrogens is 436 g/mol. The van der Waals surface area contributed by atoms with Crippen LogP contribution in [0.25, 0.3) is 0 Å². The highest BCUT2D eigenvalue weighted by Crippen LogP contribution is 2.28. The zero-order valence-electron chi connectivity index (χ0n) is 16.0. The molecule has 6 nitrogen and oxygen atoms in total. The van der Waals surface area contributed by atoms with Crippen LogP contribution in [0.4, 0.5) is 8.78 Å². The van der Waals surface area contributed by atoms with Crippen LogP contribution in [0.1, 0.15) is 17.0 Å². The summed E-state index contributed by atoms with van der Waals surface area (Å²) in [6.45, 7) is 0.401. The Morgan fingerprint density at radius 2 is 1.80 bits per heavy atom. The van der Waals surface area contributed by atoms with Crippen LogP contribution < -0.4 is 4.74 Å². The van der Waals surface area contributed by atoms with E-state index in [1.54, 1.807) is 11.7 Å². The van der Waals surface area contributed by atoms with Gasteiger partial charge in [0.1, 0.15) is 29.7 Å². The number of hydrogen-bond acceptors (Lipinski definition) is 4. The number of aromatic nitrogens is 2. The molecule has 0 atom stereocenters. The van der Waals surface area contributed by atoms with E-state index in [0.29, 0.717) is 23.7 Å². The Balaban J connectivity index is 1.58. The molecule has 0 unspecified atom stereocenters. The topological polar surface area (TPSA) is 64.4 Å². The number of halogens is 3. The summed E-state index contributed by atoms with van der Waals surface area (Å²) in [5.41, 5.74) is 2.16. The zero-order valence-corrected chi connectivity index (χ0v) is 17.6. The molecule has 0 saturated carbocycles. The molecule has 0 spiro atoms. The third-order valence-corrected chi connectivity index (χ3v) is 7.06. The molecule has 10 heteroatoms. The van der Waals surface area contributed by atoms with E-state index in [1.165, 1.54) is 28.6 Å². The standard InChI is InChI=1S/C20H18ClF2N3O3S/c1-25-20-6-7-26(30(27,28)17-4-2-13(21)3-5-17)11-18(20)19(24-25)12-29-16-9-14(22)8-15(23)10-16/h2-5,8-10H,6-7,11-12H2,1H3. The third-order valence-electron chi connectivity index (χ3n) is 4.95. The Labute approximate surface area is 177 Å². The van der Waals surface area contributed by atoms with Gasteiger partial charge in [-0.1, -0.05) is 11.6 Å². The fourth-order valence-corrected chi connectivity index (χ4v) is 5.02. The maximum Gasteiger partial charge on any atom is 0.243 e.